The lowest BCUT2D eigenvalue weighted by molar-refractivity contribution is 0.482. The summed E-state index contributed by atoms with van der Waals surface area (Å²) >= 11 is 3.36. The lowest BCUT2D eigenvalue weighted by Gasteiger charge is -2.00. The first kappa shape index (κ1) is 11.3. The zero-order valence-electron chi connectivity index (χ0n) is 9.96. The summed E-state index contributed by atoms with van der Waals surface area (Å²) in [6.07, 6.45) is 0. The predicted molar refractivity (Wildman–Crippen MR) is 82.7 cm³/mol. The molecule has 0 amide bonds. The highest BCUT2D eigenvalue weighted by atomic mass is 32.2. The number of rotatable bonds is 1. The molecule has 94 valence electrons. The van der Waals surface area contributed by atoms with E-state index in [9.17, 15) is 5.11 Å². The van der Waals surface area contributed by atoms with Gasteiger partial charge in [-0.25, -0.2) is 4.98 Å². The Balaban J connectivity index is 2.05. The van der Waals surface area contributed by atoms with E-state index in [1.165, 1.54) is 0 Å². The van der Waals surface area contributed by atoms with Crippen LogP contribution in [0.15, 0.2) is 35.3 Å². The molecule has 1 aliphatic heterocycles. The van der Waals surface area contributed by atoms with Gasteiger partial charge in [0.1, 0.15) is 15.8 Å². The highest BCUT2D eigenvalue weighted by Crippen LogP contribution is 2.36. The van der Waals surface area contributed by atoms with E-state index in [0.29, 0.717) is 5.75 Å². The molecule has 1 N–H and O–H groups in total. The highest BCUT2D eigenvalue weighted by Gasteiger charge is 2.16. The fourth-order valence-corrected chi connectivity index (χ4v) is 4.24. The van der Waals surface area contributed by atoms with Crippen LogP contribution in [0, 0.1) is 0 Å². The van der Waals surface area contributed by atoms with Gasteiger partial charge in [-0.1, -0.05) is 24.3 Å². The maximum absolute atomic E-state index is 10.1. The molecule has 3 nitrogen and oxygen atoms in total. The number of phenolic OH excluding ortho intramolecular Hbond substituents is 1. The van der Waals surface area contributed by atoms with Crippen LogP contribution in [0.1, 0.15) is 5.01 Å². The van der Waals surface area contributed by atoms with Crippen molar-refractivity contribution < 1.29 is 5.11 Å². The van der Waals surface area contributed by atoms with Crippen molar-refractivity contribution in [3.8, 4) is 5.75 Å². The number of aromatic nitrogens is 1. The van der Waals surface area contributed by atoms with Gasteiger partial charge in [0.15, 0.2) is 0 Å². The first-order chi connectivity index (χ1) is 9.33. The molecule has 0 unspecified atom stereocenters. The molecule has 0 saturated carbocycles. The number of hydrogen-bond acceptors (Lipinski definition) is 5. The third-order valence-corrected chi connectivity index (χ3v) is 5.27. The summed E-state index contributed by atoms with van der Waals surface area (Å²) in [5.41, 5.74) is 0.962. The average Bonchev–Trinajstić information content (AvgIpc) is 3.07. The molecule has 0 aliphatic carbocycles. The van der Waals surface area contributed by atoms with E-state index in [2.05, 4.69) is 4.99 Å². The fourth-order valence-electron chi connectivity index (χ4n) is 2.29. The number of thioether (sulfide) groups is 1. The van der Waals surface area contributed by atoms with Crippen LogP contribution in [0.25, 0.3) is 21.0 Å². The Hall–Kier alpha value is -1.59. The second kappa shape index (κ2) is 4.21. The molecule has 0 fully saturated rings. The summed E-state index contributed by atoms with van der Waals surface area (Å²) in [6.45, 7) is 0.877. The standard InChI is InChI=1S/C14H10N2OS2/c17-10-7-11-12(9-4-2-1-3-8(9)10)16-14(19-11)13-15-5-6-18-13/h1-4,7,17H,5-6H2. The number of hydrogen-bond donors (Lipinski definition) is 1. The lowest BCUT2D eigenvalue weighted by atomic mass is 10.1. The molecule has 0 bridgehead atoms. The number of thiazole rings is 1. The van der Waals surface area contributed by atoms with Crippen LogP contribution in [-0.2, 0) is 0 Å². The molecule has 4 rings (SSSR count). The van der Waals surface area contributed by atoms with Crippen LogP contribution in [0.2, 0.25) is 0 Å². The first-order valence-electron chi connectivity index (χ1n) is 6.02. The van der Waals surface area contributed by atoms with Crippen molar-refractivity contribution in [3.05, 3.63) is 35.3 Å². The SMILES string of the molecule is Oc1cc2sc(C3=NCCS3)nc2c2ccccc12. The fraction of sp³-hybridized carbons (Fsp3) is 0.143. The number of benzene rings is 2. The minimum absolute atomic E-state index is 0.319. The maximum atomic E-state index is 10.1. The number of aromatic hydroxyl groups is 1. The summed E-state index contributed by atoms with van der Waals surface area (Å²) in [7, 11) is 0. The molecule has 1 aliphatic rings. The molecule has 3 aromatic rings. The first-order valence-corrected chi connectivity index (χ1v) is 7.82. The van der Waals surface area contributed by atoms with Crippen LogP contribution in [0.5, 0.6) is 5.75 Å². The quantitative estimate of drug-likeness (QED) is 0.742. The van der Waals surface area contributed by atoms with Gasteiger partial charge in [0.25, 0.3) is 0 Å². The zero-order valence-corrected chi connectivity index (χ0v) is 11.6. The molecule has 5 heteroatoms. The van der Waals surface area contributed by atoms with Crippen molar-refractivity contribution >= 4 is 49.1 Å². The second-order valence-corrected chi connectivity index (χ2v) is 6.46. The molecule has 1 aromatic heterocycles. The van der Waals surface area contributed by atoms with Gasteiger partial charge in [-0.3, -0.25) is 4.99 Å². The normalized spacial score (nSPS) is 15.3. The van der Waals surface area contributed by atoms with Crippen LogP contribution >= 0.6 is 23.1 Å². The van der Waals surface area contributed by atoms with Gasteiger partial charge in [0.05, 0.1) is 10.2 Å². The molecule has 2 aromatic carbocycles. The van der Waals surface area contributed by atoms with E-state index in [1.54, 1.807) is 29.2 Å². The second-order valence-electron chi connectivity index (χ2n) is 4.34. The number of aliphatic imine (C=N–C) groups is 1. The Morgan fingerprint density at radius 2 is 2.00 bits per heavy atom. The Kier molecular flexibility index (Phi) is 2.50. The molecule has 0 spiro atoms. The van der Waals surface area contributed by atoms with Crippen LogP contribution in [0.4, 0.5) is 0 Å². The van der Waals surface area contributed by atoms with Crippen LogP contribution < -0.4 is 0 Å². The Morgan fingerprint density at radius 3 is 2.79 bits per heavy atom. The smallest absolute Gasteiger partial charge is 0.149 e. The third kappa shape index (κ3) is 1.73. The monoisotopic (exact) mass is 286 g/mol. The largest absolute Gasteiger partial charge is 0.507 e. The van der Waals surface area contributed by atoms with Gasteiger partial charge in [0.2, 0.25) is 0 Å². The Morgan fingerprint density at radius 1 is 1.16 bits per heavy atom. The van der Waals surface area contributed by atoms with Gasteiger partial charge in [-0.05, 0) is 0 Å². The average molecular weight is 286 g/mol. The van der Waals surface area contributed by atoms with Crippen molar-refractivity contribution in [2.45, 2.75) is 0 Å². The van der Waals surface area contributed by atoms with Crippen molar-refractivity contribution in [1.29, 1.82) is 0 Å². The number of nitrogens with zero attached hydrogens (tertiary/aromatic N) is 2. The molecule has 0 atom stereocenters. The van der Waals surface area contributed by atoms with Gasteiger partial charge in [-0.15, -0.1) is 23.1 Å². The molecular formula is C14H10N2OS2. The minimum Gasteiger partial charge on any atom is -0.507 e. The van der Waals surface area contributed by atoms with E-state index >= 15 is 0 Å². The predicted octanol–water partition coefficient (Wildman–Crippen LogP) is 3.65. The van der Waals surface area contributed by atoms with Gasteiger partial charge < -0.3 is 5.11 Å². The van der Waals surface area contributed by atoms with E-state index in [0.717, 1.165) is 43.3 Å². The lowest BCUT2D eigenvalue weighted by Crippen LogP contribution is -1.89. The van der Waals surface area contributed by atoms with E-state index < -0.39 is 0 Å². The highest BCUT2D eigenvalue weighted by molar-refractivity contribution is 8.15. The molecule has 19 heavy (non-hydrogen) atoms. The van der Waals surface area contributed by atoms with Crippen LogP contribution in [0.3, 0.4) is 0 Å². The molecule has 2 heterocycles. The van der Waals surface area contributed by atoms with E-state index in [1.807, 2.05) is 24.3 Å². The molecule has 0 radical (unpaired) electrons. The van der Waals surface area contributed by atoms with Gasteiger partial charge >= 0.3 is 0 Å². The van der Waals surface area contributed by atoms with Crippen LogP contribution in [-0.4, -0.2) is 27.4 Å². The zero-order chi connectivity index (χ0) is 12.8. The maximum Gasteiger partial charge on any atom is 0.149 e. The number of phenols is 1. The van der Waals surface area contributed by atoms with E-state index in [4.69, 9.17) is 4.98 Å². The van der Waals surface area contributed by atoms with Crippen molar-refractivity contribution in [1.82, 2.24) is 4.98 Å². The topological polar surface area (TPSA) is 45.5 Å². The Labute approximate surface area is 118 Å². The molecule has 0 saturated heterocycles. The van der Waals surface area contributed by atoms with Crippen molar-refractivity contribution in [2.75, 3.05) is 12.3 Å². The summed E-state index contributed by atoms with van der Waals surface area (Å²) in [5.74, 6) is 1.36. The Bertz CT molecular complexity index is 823. The third-order valence-electron chi connectivity index (χ3n) is 3.15. The van der Waals surface area contributed by atoms with Crippen molar-refractivity contribution in [3.63, 3.8) is 0 Å². The van der Waals surface area contributed by atoms with E-state index in [-0.39, 0.29) is 0 Å². The summed E-state index contributed by atoms with van der Waals surface area (Å²) in [5, 5.41) is 13.9. The summed E-state index contributed by atoms with van der Waals surface area (Å²) in [4.78, 5) is 9.19. The summed E-state index contributed by atoms with van der Waals surface area (Å²) in [6, 6.07) is 9.63. The van der Waals surface area contributed by atoms with Gasteiger partial charge in [-0.2, -0.15) is 0 Å². The van der Waals surface area contributed by atoms with Crippen molar-refractivity contribution in [2.24, 2.45) is 4.99 Å². The number of fused-ring (bicyclic) bond motifs is 3. The summed E-state index contributed by atoms with van der Waals surface area (Å²) < 4.78 is 1.02. The van der Waals surface area contributed by atoms with Gasteiger partial charge in [0, 0.05) is 29.1 Å². The minimum atomic E-state index is 0.319. The molecular weight excluding hydrogens is 276 g/mol.